The molecule has 152 valence electrons. The van der Waals surface area contributed by atoms with Gasteiger partial charge in [-0.2, -0.15) is 0 Å². The van der Waals surface area contributed by atoms with Crippen molar-refractivity contribution in [2.75, 3.05) is 6.54 Å². The minimum absolute atomic E-state index is 0.0217. The lowest BCUT2D eigenvalue weighted by atomic mass is 9.90. The second kappa shape index (κ2) is 8.86. The SMILES string of the molecule is CC(=O)N1CCc2ccccc2[C@H]1CC(=O)N[C@H](CC(=O)O)c1ccc(F)cc1. The highest BCUT2D eigenvalue weighted by Gasteiger charge is 2.31. The average molecular weight is 398 g/mol. The number of benzene rings is 2. The van der Waals surface area contributed by atoms with E-state index in [1.54, 1.807) is 4.90 Å². The molecule has 0 aromatic heterocycles. The van der Waals surface area contributed by atoms with E-state index in [2.05, 4.69) is 5.32 Å². The van der Waals surface area contributed by atoms with Gasteiger partial charge in [-0.25, -0.2) is 4.39 Å². The fourth-order valence-corrected chi connectivity index (χ4v) is 3.80. The Kier molecular flexibility index (Phi) is 6.26. The van der Waals surface area contributed by atoms with E-state index in [4.69, 9.17) is 0 Å². The van der Waals surface area contributed by atoms with Crippen LogP contribution in [0, 0.1) is 5.82 Å². The van der Waals surface area contributed by atoms with Crippen LogP contribution in [0.2, 0.25) is 0 Å². The van der Waals surface area contributed by atoms with E-state index in [1.807, 2.05) is 24.3 Å². The molecule has 0 unspecified atom stereocenters. The lowest BCUT2D eigenvalue weighted by molar-refractivity contribution is -0.137. The molecule has 3 rings (SSSR count). The number of halogens is 1. The lowest BCUT2D eigenvalue weighted by Gasteiger charge is -2.36. The van der Waals surface area contributed by atoms with Gasteiger partial charge in [-0.05, 0) is 35.2 Å². The van der Waals surface area contributed by atoms with Gasteiger partial charge in [-0.3, -0.25) is 14.4 Å². The molecule has 1 aliphatic rings. The molecule has 0 radical (unpaired) electrons. The van der Waals surface area contributed by atoms with Gasteiger partial charge >= 0.3 is 5.97 Å². The summed E-state index contributed by atoms with van der Waals surface area (Å²) in [5.41, 5.74) is 2.54. The Hall–Kier alpha value is -3.22. The van der Waals surface area contributed by atoms with Gasteiger partial charge in [0.25, 0.3) is 0 Å². The Balaban J connectivity index is 1.80. The molecule has 1 aliphatic heterocycles. The van der Waals surface area contributed by atoms with Crippen molar-refractivity contribution in [2.45, 2.75) is 38.3 Å². The summed E-state index contributed by atoms with van der Waals surface area (Å²) in [7, 11) is 0. The number of aliphatic carboxylic acids is 1. The number of rotatable bonds is 6. The van der Waals surface area contributed by atoms with Crippen molar-refractivity contribution in [2.24, 2.45) is 0 Å². The van der Waals surface area contributed by atoms with Crippen LogP contribution < -0.4 is 5.32 Å². The van der Waals surface area contributed by atoms with Gasteiger partial charge in [0, 0.05) is 13.5 Å². The quantitative estimate of drug-likeness (QED) is 0.783. The molecular formula is C22H23FN2O4. The number of amides is 2. The fourth-order valence-electron chi connectivity index (χ4n) is 3.80. The molecule has 0 spiro atoms. The molecule has 0 saturated heterocycles. The highest BCUT2D eigenvalue weighted by atomic mass is 19.1. The highest BCUT2D eigenvalue weighted by Crippen LogP contribution is 2.32. The summed E-state index contributed by atoms with van der Waals surface area (Å²) in [5.74, 6) is -2.00. The molecule has 0 saturated carbocycles. The summed E-state index contributed by atoms with van der Waals surface area (Å²) in [4.78, 5) is 37.8. The zero-order valence-electron chi connectivity index (χ0n) is 16.1. The molecule has 2 atom stereocenters. The zero-order chi connectivity index (χ0) is 21.0. The Morgan fingerprint density at radius 2 is 1.86 bits per heavy atom. The van der Waals surface area contributed by atoms with Crippen LogP contribution in [0.25, 0.3) is 0 Å². The van der Waals surface area contributed by atoms with Crippen molar-refractivity contribution in [3.8, 4) is 0 Å². The van der Waals surface area contributed by atoms with E-state index in [0.29, 0.717) is 12.1 Å². The van der Waals surface area contributed by atoms with E-state index in [9.17, 15) is 23.9 Å². The van der Waals surface area contributed by atoms with Crippen LogP contribution in [0.1, 0.15) is 48.5 Å². The number of carbonyl (C=O) groups is 3. The Morgan fingerprint density at radius 1 is 1.17 bits per heavy atom. The first-order valence-corrected chi connectivity index (χ1v) is 9.46. The Labute approximate surface area is 168 Å². The standard InChI is InChI=1S/C22H23FN2O4/c1-14(26)25-11-10-15-4-2-3-5-18(15)20(25)13-21(27)24-19(12-22(28)29)16-6-8-17(23)9-7-16/h2-9,19-20H,10-13H2,1H3,(H,24,27)(H,28,29)/t19-,20-/m1/s1. The number of hydrogen-bond acceptors (Lipinski definition) is 3. The Bertz CT molecular complexity index is 913. The molecule has 29 heavy (non-hydrogen) atoms. The van der Waals surface area contributed by atoms with Gasteiger partial charge < -0.3 is 15.3 Å². The lowest BCUT2D eigenvalue weighted by Crippen LogP contribution is -2.41. The van der Waals surface area contributed by atoms with Crippen molar-refractivity contribution < 1.29 is 23.9 Å². The van der Waals surface area contributed by atoms with Crippen LogP contribution in [0.15, 0.2) is 48.5 Å². The van der Waals surface area contributed by atoms with Gasteiger partial charge in [-0.1, -0.05) is 36.4 Å². The van der Waals surface area contributed by atoms with Crippen LogP contribution in [-0.2, 0) is 20.8 Å². The number of fused-ring (bicyclic) bond motifs is 1. The first kappa shape index (κ1) is 20.5. The summed E-state index contributed by atoms with van der Waals surface area (Å²) in [5, 5.41) is 11.9. The minimum Gasteiger partial charge on any atom is -0.481 e. The van der Waals surface area contributed by atoms with Crippen molar-refractivity contribution in [1.82, 2.24) is 10.2 Å². The molecule has 2 aromatic rings. The predicted molar refractivity (Wildman–Crippen MR) is 104 cm³/mol. The summed E-state index contributed by atoms with van der Waals surface area (Å²) >= 11 is 0. The molecular weight excluding hydrogens is 375 g/mol. The number of nitrogens with zero attached hydrogens (tertiary/aromatic N) is 1. The molecule has 2 amide bonds. The highest BCUT2D eigenvalue weighted by molar-refractivity contribution is 5.80. The van der Waals surface area contributed by atoms with Crippen molar-refractivity contribution in [1.29, 1.82) is 0 Å². The molecule has 7 heteroatoms. The molecule has 0 aliphatic carbocycles. The van der Waals surface area contributed by atoms with Crippen molar-refractivity contribution in [3.63, 3.8) is 0 Å². The van der Waals surface area contributed by atoms with E-state index < -0.39 is 23.9 Å². The predicted octanol–water partition coefficient (Wildman–Crippen LogP) is 2.99. The number of nitrogens with one attached hydrogen (secondary N) is 1. The number of carbonyl (C=O) groups excluding carboxylic acids is 2. The summed E-state index contributed by atoms with van der Waals surface area (Å²) in [6.07, 6.45) is 0.425. The van der Waals surface area contributed by atoms with Crippen LogP contribution in [0.3, 0.4) is 0 Å². The van der Waals surface area contributed by atoms with E-state index in [0.717, 1.165) is 17.5 Å². The summed E-state index contributed by atoms with van der Waals surface area (Å²) in [6, 6.07) is 11.9. The third kappa shape index (κ3) is 4.99. The van der Waals surface area contributed by atoms with Crippen molar-refractivity contribution in [3.05, 3.63) is 71.0 Å². The van der Waals surface area contributed by atoms with Gasteiger partial charge in [0.1, 0.15) is 5.82 Å². The maximum atomic E-state index is 13.2. The van der Waals surface area contributed by atoms with Crippen molar-refractivity contribution >= 4 is 17.8 Å². The smallest absolute Gasteiger partial charge is 0.305 e. The molecule has 0 bridgehead atoms. The Morgan fingerprint density at radius 3 is 2.52 bits per heavy atom. The normalized spacial score (nSPS) is 16.6. The third-order valence-corrected chi connectivity index (χ3v) is 5.18. The monoisotopic (exact) mass is 398 g/mol. The third-order valence-electron chi connectivity index (χ3n) is 5.18. The van der Waals surface area contributed by atoms with Crippen LogP contribution in [0.5, 0.6) is 0 Å². The maximum absolute atomic E-state index is 13.2. The molecule has 6 nitrogen and oxygen atoms in total. The molecule has 2 aromatic carbocycles. The van der Waals surface area contributed by atoms with Crippen LogP contribution in [0.4, 0.5) is 4.39 Å². The summed E-state index contributed by atoms with van der Waals surface area (Å²) < 4.78 is 13.2. The maximum Gasteiger partial charge on any atom is 0.305 e. The van der Waals surface area contributed by atoms with Crippen LogP contribution in [-0.4, -0.2) is 34.3 Å². The van der Waals surface area contributed by atoms with Gasteiger partial charge in [0.05, 0.1) is 24.9 Å². The largest absolute Gasteiger partial charge is 0.481 e. The van der Waals surface area contributed by atoms with Gasteiger partial charge in [-0.15, -0.1) is 0 Å². The van der Waals surface area contributed by atoms with Gasteiger partial charge in [0.15, 0.2) is 0 Å². The van der Waals surface area contributed by atoms with E-state index >= 15 is 0 Å². The molecule has 2 N–H and O–H groups in total. The first-order chi connectivity index (χ1) is 13.8. The number of carboxylic acid groups (broad SMARTS) is 1. The second-order valence-electron chi connectivity index (χ2n) is 7.15. The summed E-state index contributed by atoms with van der Waals surface area (Å²) in [6.45, 7) is 2.01. The topological polar surface area (TPSA) is 86.7 Å². The first-order valence-electron chi connectivity index (χ1n) is 9.46. The number of hydrogen-bond donors (Lipinski definition) is 2. The van der Waals surface area contributed by atoms with E-state index in [-0.39, 0.29) is 24.7 Å². The average Bonchev–Trinajstić information content (AvgIpc) is 2.67. The van der Waals surface area contributed by atoms with Gasteiger partial charge in [0.2, 0.25) is 11.8 Å². The molecule has 0 fully saturated rings. The number of carboxylic acids is 1. The van der Waals surface area contributed by atoms with E-state index in [1.165, 1.54) is 31.2 Å². The van der Waals surface area contributed by atoms with Crippen LogP contribution >= 0.6 is 0 Å². The second-order valence-corrected chi connectivity index (χ2v) is 7.15. The fraction of sp³-hybridized carbons (Fsp3) is 0.318. The zero-order valence-corrected chi connectivity index (χ0v) is 16.1. The molecule has 1 heterocycles. The minimum atomic E-state index is -1.08.